The van der Waals surface area contributed by atoms with E-state index >= 15 is 0 Å². The zero-order valence-corrected chi connectivity index (χ0v) is 16.9. The van der Waals surface area contributed by atoms with Crippen LogP contribution in [0.25, 0.3) is 11.3 Å². The molecule has 1 aromatic heterocycles. The van der Waals surface area contributed by atoms with Crippen LogP contribution in [-0.4, -0.2) is 47.0 Å². The van der Waals surface area contributed by atoms with Gasteiger partial charge in [-0.1, -0.05) is 12.1 Å². The van der Waals surface area contributed by atoms with Crippen LogP contribution >= 0.6 is 12.4 Å². The number of aryl methyl sites for hydroxylation is 1. The first kappa shape index (κ1) is 23.6. The number of rotatable bonds is 4. The molecule has 160 valence electrons. The number of benzene rings is 1. The van der Waals surface area contributed by atoms with Gasteiger partial charge in [-0.15, -0.1) is 12.4 Å². The number of aromatic nitrogens is 2. The Bertz CT molecular complexity index is 921. The highest BCUT2D eigenvalue weighted by molar-refractivity contribution is 5.85. The first-order chi connectivity index (χ1) is 13.9. The molecule has 2 heterocycles. The van der Waals surface area contributed by atoms with E-state index in [2.05, 4.69) is 15.3 Å². The standard InChI is InChI=1S/C20H20F3N5O.ClH/c21-20(22,23)15-4-1-3-14(11-15)17-12-16(26-18(13-24)27-17)5-6-19(29)28-9-2-7-25-8-10-28;/h1,3-4,11-12,25H,2,5-10H2;1H. The van der Waals surface area contributed by atoms with Gasteiger partial charge in [0.25, 0.3) is 0 Å². The van der Waals surface area contributed by atoms with E-state index < -0.39 is 11.7 Å². The summed E-state index contributed by atoms with van der Waals surface area (Å²) in [4.78, 5) is 22.4. The van der Waals surface area contributed by atoms with Crippen LogP contribution in [0.3, 0.4) is 0 Å². The molecule has 3 rings (SSSR count). The van der Waals surface area contributed by atoms with Crippen LogP contribution < -0.4 is 5.32 Å². The fourth-order valence-electron chi connectivity index (χ4n) is 3.17. The highest BCUT2D eigenvalue weighted by atomic mass is 35.5. The maximum Gasteiger partial charge on any atom is 0.416 e. The van der Waals surface area contributed by atoms with Crippen molar-refractivity contribution in [3.05, 3.63) is 47.4 Å². The van der Waals surface area contributed by atoms with Crippen LogP contribution in [0, 0.1) is 11.3 Å². The van der Waals surface area contributed by atoms with Gasteiger partial charge in [-0.2, -0.15) is 18.4 Å². The number of carbonyl (C=O) groups excluding carboxylic acids is 1. The molecule has 0 spiro atoms. The lowest BCUT2D eigenvalue weighted by Crippen LogP contribution is -2.34. The first-order valence-electron chi connectivity index (χ1n) is 9.31. The van der Waals surface area contributed by atoms with Gasteiger partial charge in [0.15, 0.2) is 0 Å². The molecular weight excluding hydrogens is 419 g/mol. The van der Waals surface area contributed by atoms with Gasteiger partial charge in [-0.3, -0.25) is 4.79 Å². The third kappa shape index (κ3) is 6.15. The summed E-state index contributed by atoms with van der Waals surface area (Å²) in [6.07, 6.45) is -3.09. The molecule has 0 saturated carbocycles. The second-order valence-electron chi connectivity index (χ2n) is 6.74. The minimum Gasteiger partial charge on any atom is -0.341 e. The van der Waals surface area contributed by atoms with Crippen molar-refractivity contribution in [3.63, 3.8) is 0 Å². The predicted octanol–water partition coefficient (Wildman–Crippen LogP) is 3.21. The number of halogens is 4. The molecule has 0 unspecified atom stereocenters. The van der Waals surface area contributed by atoms with Crippen LogP contribution in [0.4, 0.5) is 13.2 Å². The van der Waals surface area contributed by atoms with Gasteiger partial charge in [0.2, 0.25) is 11.7 Å². The number of nitrogens with zero attached hydrogens (tertiary/aromatic N) is 4. The molecule has 0 radical (unpaired) electrons. The lowest BCUT2D eigenvalue weighted by molar-refractivity contribution is -0.137. The molecule has 10 heteroatoms. The lowest BCUT2D eigenvalue weighted by Gasteiger charge is -2.19. The zero-order chi connectivity index (χ0) is 20.9. The molecule has 0 atom stereocenters. The number of amides is 1. The largest absolute Gasteiger partial charge is 0.416 e. The second-order valence-corrected chi connectivity index (χ2v) is 6.74. The van der Waals surface area contributed by atoms with Gasteiger partial charge in [0, 0.05) is 37.3 Å². The van der Waals surface area contributed by atoms with Gasteiger partial charge in [-0.05, 0) is 37.6 Å². The van der Waals surface area contributed by atoms with Crippen LogP contribution in [0.15, 0.2) is 30.3 Å². The minimum atomic E-state index is -4.47. The Morgan fingerprint density at radius 3 is 2.73 bits per heavy atom. The summed E-state index contributed by atoms with van der Waals surface area (Å²) in [5.74, 6) is -0.146. The van der Waals surface area contributed by atoms with Crippen LogP contribution in [0.5, 0.6) is 0 Å². The summed E-state index contributed by atoms with van der Waals surface area (Å²) in [5, 5.41) is 12.4. The summed E-state index contributed by atoms with van der Waals surface area (Å²) in [7, 11) is 0. The van der Waals surface area contributed by atoms with Gasteiger partial charge >= 0.3 is 6.18 Å². The average molecular weight is 440 g/mol. The normalized spacial score (nSPS) is 14.4. The molecule has 1 aliphatic rings. The Morgan fingerprint density at radius 1 is 1.20 bits per heavy atom. The fraction of sp³-hybridized carbons (Fsp3) is 0.400. The van der Waals surface area contributed by atoms with Crippen molar-refractivity contribution >= 4 is 18.3 Å². The van der Waals surface area contributed by atoms with Crippen LogP contribution in [0.1, 0.15) is 29.9 Å². The molecule has 1 aliphatic heterocycles. The topological polar surface area (TPSA) is 81.9 Å². The van der Waals surface area contributed by atoms with E-state index in [1.165, 1.54) is 18.2 Å². The molecule has 1 saturated heterocycles. The SMILES string of the molecule is Cl.N#Cc1nc(CCC(=O)N2CCCNCC2)cc(-c2cccc(C(F)(F)F)c2)n1. The maximum atomic E-state index is 13.0. The summed E-state index contributed by atoms with van der Waals surface area (Å²) in [6.45, 7) is 2.95. The van der Waals surface area contributed by atoms with Gasteiger partial charge in [0.1, 0.15) is 6.07 Å². The summed E-state index contributed by atoms with van der Waals surface area (Å²) in [5.41, 5.74) is 0.123. The van der Waals surface area contributed by atoms with E-state index in [4.69, 9.17) is 0 Å². The number of nitrogens with one attached hydrogen (secondary N) is 1. The Kier molecular flexibility index (Phi) is 8.15. The number of nitriles is 1. The quantitative estimate of drug-likeness (QED) is 0.791. The van der Waals surface area contributed by atoms with E-state index in [1.807, 2.05) is 6.07 Å². The maximum absolute atomic E-state index is 13.0. The Labute approximate surface area is 178 Å². The fourth-order valence-corrected chi connectivity index (χ4v) is 3.17. The predicted molar refractivity (Wildman–Crippen MR) is 107 cm³/mol. The van der Waals surface area contributed by atoms with E-state index in [0.29, 0.717) is 18.8 Å². The van der Waals surface area contributed by atoms with Crippen molar-refractivity contribution in [2.45, 2.75) is 25.4 Å². The lowest BCUT2D eigenvalue weighted by atomic mass is 10.1. The molecule has 1 amide bonds. The van der Waals surface area contributed by atoms with Crippen LogP contribution in [0.2, 0.25) is 0 Å². The van der Waals surface area contributed by atoms with Crippen LogP contribution in [-0.2, 0) is 17.4 Å². The monoisotopic (exact) mass is 439 g/mol. The number of hydrogen-bond donors (Lipinski definition) is 1. The smallest absolute Gasteiger partial charge is 0.341 e. The highest BCUT2D eigenvalue weighted by Gasteiger charge is 2.30. The molecule has 1 fully saturated rings. The Morgan fingerprint density at radius 2 is 2.00 bits per heavy atom. The molecule has 0 aliphatic carbocycles. The summed E-state index contributed by atoms with van der Waals surface area (Å²) in [6, 6.07) is 8.13. The van der Waals surface area contributed by atoms with Crippen molar-refractivity contribution in [1.29, 1.82) is 5.26 Å². The van der Waals surface area contributed by atoms with Gasteiger partial charge in [0.05, 0.1) is 11.3 Å². The van der Waals surface area contributed by atoms with Gasteiger partial charge < -0.3 is 10.2 Å². The highest BCUT2D eigenvalue weighted by Crippen LogP contribution is 2.31. The third-order valence-corrected chi connectivity index (χ3v) is 4.65. The minimum absolute atomic E-state index is 0. The first-order valence-corrected chi connectivity index (χ1v) is 9.31. The van der Waals surface area contributed by atoms with Crippen molar-refractivity contribution in [2.75, 3.05) is 26.2 Å². The van der Waals surface area contributed by atoms with E-state index in [9.17, 15) is 23.2 Å². The Balaban J connectivity index is 0.00000320. The summed E-state index contributed by atoms with van der Waals surface area (Å²) < 4.78 is 39.0. The molecule has 1 N–H and O–H groups in total. The molecule has 1 aromatic carbocycles. The van der Waals surface area contributed by atoms with Crippen molar-refractivity contribution < 1.29 is 18.0 Å². The van der Waals surface area contributed by atoms with Gasteiger partial charge in [-0.25, -0.2) is 9.97 Å². The van der Waals surface area contributed by atoms with E-state index in [0.717, 1.165) is 31.6 Å². The molecule has 6 nitrogen and oxygen atoms in total. The average Bonchev–Trinajstić information content (AvgIpc) is 3.01. The van der Waals surface area contributed by atoms with Crippen molar-refractivity contribution in [2.24, 2.45) is 0 Å². The molecule has 2 aromatic rings. The third-order valence-electron chi connectivity index (χ3n) is 4.65. The number of alkyl halides is 3. The van der Waals surface area contributed by atoms with Crippen molar-refractivity contribution in [1.82, 2.24) is 20.2 Å². The second kappa shape index (κ2) is 10.4. The van der Waals surface area contributed by atoms with E-state index in [-0.39, 0.29) is 48.2 Å². The molecular formula is C20H21ClF3N5O. The molecule has 30 heavy (non-hydrogen) atoms. The Hall–Kier alpha value is -2.70. The van der Waals surface area contributed by atoms with Crippen molar-refractivity contribution in [3.8, 4) is 17.3 Å². The summed E-state index contributed by atoms with van der Waals surface area (Å²) >= 11 is 0. The van der Waals surface area contributed by atoms with E-state index in [1.54, 1.807) is 4.90 Å². The number of carbonyl (C=O) groups is 1. The molecule has 0 bridgehead atoms. The zero-order valence-electron chi connectivity index (χ0n) is 16.1. The number of hydrogen-bond acceptors (Lipinski definition) is 5.